The molecule has 85 heavy (non-hydrogen) atoms. The van der Waals surface area contributed by atoms with Gasteiger partial charge in [-0.15, -0.1) is 36.8 Å². The molecule has 0 aromatic heterocycles. The number of carboxylic acids is 1. The van der Waals surface area contributed by atoms with Crippen LogP contribution in [0.25, 0.3) is 0 Å². The number of hydrogen-bond donors (Lipinski definition) is 2. The summed E-state index contributed by atoms with van der Waals surface area (Å²) >= 11 is 3.06. The van der Waals surface area contributed by atoms with Crippen molar-refractivity contribution in [2.24, 2.45) is 0 Å². The second kappa shape index (κ2) is 40.0. The van der Waals surface area contributed by atoms with Crippen molar-refractivity contribution in [2.75, 3.05) is 21.3 Å². The third-order valence-electron chi connectivity index (χ3n) is 8.95. The van der Waals surface area contributed by atoms with Crippen LogP contribution in [0.4, 0.5) is 22.0 Å². The summed E-state index contributed by atoms with van der Waals surface area (Å²) in [6.07, 6.45) is 19.8. The van der Waals surface area contributed by atoms with E-state index in [0.717, 1.165) is 42.5 Å². The van der Waals surface area contributed by atoms with Gasteiger partial charge in [0.15, 0.2) is 5.78 Å². The molecule has 0 bridgehead atoms. The number of benzene rings is 5. The van der Waals surface area contributed by atoms with Gasteiger partial charge in [0, 0.05) is 44.4 Å². The van der Waals surface area contributed by atoms with Gasteiger partial charge in [0.1, 0.15) is 50.8 Å². The largest absolute Gasteiger partial charge is 1.00 e. The first kappa shape index (κ1) is 83.1. The number of carboxylic acid groups (broad SMARTS) is 1. The number of halogens is 6. The molecule has 0 atom stereocenters. The Balaban J connectivity index is -0.000000475. The van der Waals surface area contributed by atoms with Gasteiger partial charge in [-0.05, 0) is 112 Å². The van der Waals surface area contributed by atoms with Crippen molar-refractivity contribution < 1.29 is 105 Å². The summed E-state index contributed by atoms with van der Waals surface area (Å²) in [6, 6.07) is 18.4. The monoisotopic (exact) mass is 1270 g/mol. The normalized spacial score (nSPS) is 9.58. The number of ether oxygens (including phenoxy) is 4. The maximum atomic E-state index is 13.3. The number of rotatable bonds is 9. The molecule has 14 nitrogen and oxygen atoms in total. The zero-order valence-corrected chi connectivity index (χ0v) is 52.7. The molecule has 5 aromatic carbocycles. The van der Waals surface area contributed by atoms with Crippen LogP contribution in [0, 0.1) is 95.0 Å². The number of esters is 4. The number of terminal acetylenes is 4. The van der Waals surface area contributed by atoms with Crippen LogP contribution in [-0.4, -0.2) is 100 Å². The van der Waals surface area contributed by atoms with Crippen LogP contribution in [-0.2, 0) is 23.7 Å². The van der Waals surface area contributed by atoms with Crippen LogP contribution in [0.2, 0.25) is 39.3 Å². The first-order chi connectivity index (χ1) is 37.9. The van der Waals surface area contributed by atoms with Gasteiger partial charge in [-0.3, -0.25) is 9.59 Å². The summed E-state index contributed by atoms with van der Waals surface area (Å²) in [4.78, 5) is 67.2. The van der Waals surface area contributed by atoms with Crippen LogP contribution in [0.1, 0.15) is 108 Å². The third kappa shape index (κ3) is 36.8. The molecule has 0 aliphatic heterocycles. The Labute approximate surface area is 515 Å². The Kier molecular flexibility index (Phi) is 39.1. The van der Waals surface area contributed by atoms with Gasteiger partial charge in [-0.2, -0.15) is 0 Å². The Morgan fingerprint density at radius 1 is 0.541 bits per heavy atom. The predicted molar refractivity (Wildman–Crippen MR) is 320 cm³/mol. The van der Waals surface area contributed by atoms with E-state index in [9.17, 15) is 50.7 Å². The van der Waals surface area contributed by atoms with E-state index in [-0.39, 0.29) is 87.3 Å². The van der Waals surface area contributed by atoms with Crippen molar-refractivity contribution in [3.8, 4) is 60.5 Å². The molecule has 0 radical (unpaired) electrons. The Bertz CT molecular complexity index is 3370. The molecule has 5 rings (SSSR count). The standard InChI is InChI=1S/C17H18FNO3.C13H15FO2Si.C10H7FO2.C9H5FO2.C8H6BrFO2.C5H10Si.Li.2H2O/c1-5-11-6-12(8-13(18)7-11)15(20)9-14(19)10-16(21)22-17(2,3)4;1-16-13(15)11-7-10(8-12(14)9-11)5-6-17(2,3)4;1-3-7-4-8(10(12)13-2)6-9(11)5-7;1-2-6-3-7(9(11)12)5-8(10)4-6;1-12-8(11)5-2-6(9)4-7(10)3-5;1-5-6(2,3)4;;;/h1,6-8,19H,9-10H2,2-4H3;7-9H,1-4H3;1,4-6H,2H3;1,3-5H,(H,11,12);2-4H,1H3;1H,2-4H3;;2*1H2/q;;;;;;+1;;/p-1. The van der Waals surface area contributed by atoms with Gasteiger partial charge >= 0.3 is 48.7 Å². The maximum absolute atomic E-state index is 13.3. The minimum atomic E-state index is -1.51. The first-order valence-corrected chi connectivity index (χ1v) is 31.6. The van der Waals surface area contributed by atoms with Gasteiger partial charge in [0.05, 0.1) is 50.0 Å². The third-order valence-corrected chi connectivity index (χ3v) is 11.2. The number of Topliss-reactive ketones (excluding diaryl/α,β-unsaturated/α-hetero) is 1. The summed E-state index contributed by atoms with van der Waals surface area (Å²) in [5, 5.41) is 16.2. The second-order valence-electron chi connectivity index (χ2n) is 19.6. The number of carbonyl (C=O) groups is 6. The summed E-state index contributed by atoms with van der Waals surface area (Å²) in [7, 11) is 1.13. The number of carbonyl (C=O) groups excluding carboxylic acids is 5. The smallest absolute Gasteiger partial charge is 0.870 e. The van der Waals surface area contributed by atoms with E-state index in [1.165, 1.54) is 63.8 Å². The van der Waals surface area contributed by atoms with Crippen molar-refractivity contribution in [1.29, 1.82) is 5.41 Å². The van der Waals surface area contributed by atoms with E-state index in [1.54, 1.807) is 26.8 Å². The Morgan fingerprint density at radius 2 is 0.859 bits per heavy atom. The molecule has 0 saturated heterocycles. The van der Waals surface area contributed by atoms with Gasteiger partial charge in [0.25, 0.3) is 0 Å². The molecule has 5 aromatic rings. The topological polar surface area (TPSA) is 245 Å². The maximum Gasteiger partial charge on any atom is 1.00 e. The van der Waals surface area contributed by atoms with Gasteiger partial charge in [-0.25, -0.2) is 41.1 Å². The fraction of sp³-hybridized carbons (Fsp3) is 0.242. The number of methoxy groups -OCH3 is 3. The van der Waals surface area contributed by atoms with Crippen molar-refractivity contribution >= 4 is 73.4 Å². The van der Waals surface area contributed by atoms with Crippen molar-refractivity contribution in [2.45, 2.75) is 78.5 Å². The first-order valence-electron chi connectivity index (χ1n) is 23.8. The molecular formula is C62H64BrF5LiNO13Si2. The number of nitrogens with one attached hydrogen (secondary N) is 1. The van der Waals surface area contributed by atoms with E-state index in [0.29, 0.717) is 15.6 Å². The Hall–Kier alpha value is -8.33. The summed E-state index contributed by atoms with van der Waals surface area (Å²) in [6.45, 7) is 17.9. The predicted octanol–water partition coefficient (Wildman–Crippen LogP) is 8.95. The zero-order valence-electron chi connectivity index (χ0n) is 49.1. The molecule has 0 saturated carbocycles. The fourth-order valence-corrected chi connectivity index (χ4v) is 6.38. The minimum Gasteiger partial charge on any atom is -0.870 e. The van der Waals surface area contributed by atoms with Gasteiger partial charge in [-0.1, -0.05) is 78.9 Å². The second-order valence-corrected chi connectivity index (χ2v) is 30.1. The number of aromatic carboxylic acids is 1. The zero-order chi connectivity index (χ0) is 63.3. The molecule has 0 aliphatic rings. The summed E-state index contributed by atoms with van der Waals surface area (Å²) < 4.78 is 83.7. The van der Waals surface area contributed by atoms with Crippen molar-refractivity contribution in [3.05, 3.63) is 175 Å². The summed E-state index contributed by atoms with van der Waals surface area (Å²) in [5.74, 6) is 2.89. The van der Waals surface area contributed by atoms with E-state index in [4.69, 9.17) is 40.9 Å². The minimum absolute atomic E-state index is 0. The molecule has 0 unspecified atom stereocenters. The number of hydrogen-bond acceptors (Lipinski definition) is 12. The van der Waals surface area contributed by atoms with Crippen molar-refractivity contribution in [1.82, 2.24) is 0 Å². The van der Waals surface area contributed by atoms with E-state index in [2.05, 4.69) is 104 Å². The molecule has 446 valence electrons. The molecule has 0 heterocycles. The Morgan fingerprint density at radius 3 is 1.19 bits per heavy atom. The van der Waals surface area contributed by atoms with Crippen molar-refractivity contribution in [3.63, 3.8) is 0 Å². The molecule has 0 amide bonds. The molecule has 5 N–H and O–H groups in total. The van der Waals surface area contributed by atoms with Crippen LogP contribution < -0.4 is 18.9 Å². The van der Waals surface area contributed by atoms with Crippen LogP contribution in [0.5, 0.6) is 0 Å². The van der Waals surface area contributed by atoms with E-state index >= 15 is 0 Å². The van der Waals surface area contributed by atoms with Gasteiger partial charge < -0.3 is 40.4 Å². The molecular weight excluding hydrogens is 1200 g/mol. The molecule has 0 fully saturated rings. The average Bonchev–Trinajstić information content (AvgIpc) is 3.42. The van der Waals surface area contributed by atoms with Crippen LogP contribution >= 0.6 is 15.9 Å². The molecule has 0 spiro atoms. The average molecular weight is 1270 g/mol. The molecule has 0 aliphatic carbocycles. The SMILES string of the molecule is C#C[Si](C)(C)C.C#Cc1cc(F)cc(C(=O)CC(=N)CC(=O)OC(C)(C)C)c1.C#Cc1cc(F)cc(C(=O)O)c1.C#Cc1cc(F)cc(C(=O)OC)c1.COC(=O)c1cc(F)cc(Br)c1.COC(=O)c1cc(F)cc(C#C[Si](C)(C)C)c1.O.[Li+].[OH-]. The fourth-order valence-electron chi connectivity index (χ4n) is 5.40. The van der Waals surface area contributed by atoms with Gasteiger partial charge in [0.2, 0.25) is 0 Å². The van der Waals surface area contributed by atoms with Crippen LogP contribution in [0.3, 0.4) is 0 Å². The summed E-state index contributed by atoms with van der Waals surface area (Å²) in [5.41, 5.74) is 6.89. The van der Waals surface area contributed by atoms with E-state index in [1.807, 2.05) is 0 Å². The quantitative estimate of drug-likeness (QED) is 0.0267. The van der Waals surface area contributed by atoms with Crippen LogP contribution in [0.15, 0.2) is 95.5 Å². The number of ketones is 1. The molecule has 23 heteroatoms. The van der Waals surface area contributed by atoms with E-state index < -0.39 is 86.5 Å².